The lowest BCUT2D eigenvalue weighted by atomic mass is 9.94. The molecule has 2 fully saturated rings. The summed E-state index contributed by atoms with van der Waals surface area (Å²) in [7, 11) is 0. The van der Waals surface area contributed by atoms with Gasteiger partial charge in [-0.1, -0.05) is 0 Å². The molecule has 3 rings (SSSR count). The van der Waals surface area contributed by atoms with Gasteiger partial charge in [-0.2, -0.15) is 0 Å². The number of pyridine rings is 1. The second-order valence-electron chi connectivity index (χ2n) is 4.58. The Morgan fingerprint density at radius 1 is 1.40 bits per heavy atom. The minimum atomic E-state index is 0.707. The third kappa shape index (κ3) is 1.72. The summed E-state index contributed by atoms with van der Waals surface area (Å²) in [6, 6.07) is 4.88. The zero-order valence-corrected chi connectivity index (χ0v) is 8.89. The van der Waals surface area contributed by atoms with Crippen LogP contribution in [0.4, 0.5) is 5.69 Å². The van der Waals surface area contributed by atoms with Crippen molar-refractivity contribution in [3.63, 3.8) is 0 Å². The first-order valence-electron chi connectivity index (χ1n) is 5.82. The predicted molar refractivity (Wildman–Crippen MR) is 61.0 cm³/mol. The summed E-state index contributed by atoms with van der Waals surface area (Å²) in [6.45, 7) is 3.54. The van der Waals surface area contributed by atoms with Crippen molar-refractivity contribution < 1.29 is 0 Å². The van der Waals surface area contributed by atoms with Gasteiger partial charge in [0, 0.05) is 25.3 Å². The van der Waals surface area contributed by atoms with Gasteiger partial charge in [-0.3, -0.25) is 4.98 Å². The van der Waals surface area contributed by atoms with E-state index < -0.39 is 0 Å². The van der Waals surface area contributed by atoms with Crippen molar-refractivity contribution >= 4 is 5.69 Å². The van der Waals surface area contributed by atoms with Crippen LogP contribution >= 0.6 is 0 Å². The molecule has 80 valence electrons. The predicted octanol–water partition coefficient (Wildman–Crippen LogP) is 1.27. The molecule has 2 saturated heterocycles. The molecule has 3 heteroatoms. The summed E-state index contributed by atoms with van der Waals surface area (Å²) >= 11 is 0. The van der Waals surface area contributed by atoms with Crippen LogP contribution in [0.3, 0.4) is 0 Å². The highest BCUT2D eigenvalue weighted by Gasteiger charge is 2.34. The molecular formula is C12H17N3. The van der Waals surface area contributed by atoms with Crippen molar-refractivity contribution in [3.05, 3.63) is 24.5 Å². The monoisotopic (exact) mass is 203 g/mol. The number of nitrogens with one attached hydrogen (secondary N) is 1. The van der Waals surface area contributed by atoms with E-state index in [0.717, 1.165) is 12.5 Å². The first-order valence-corrected chi connectivity index (χ1v) is 5.82. The SMILES string of the molecule is c1cncc(N2C[C@H]3CCCN[C@H]3C2)c1. The van der Waals surface area contributed by atoms with Crippen LogP contribution in [0.15, 0.2) is 24.5 Å². The Labute approximate surface area is 90.5 Å². The lowest BCUT2D eigenvalue weighted by Crippen LogP contribution is -2.40. The third-order valence-electron chi connectivity index (χ3n) is 3.61. The van der Waals surface area contributed by atoms with E-state index in [0.29, 0.717) is 6.04 Å². The maximum Gasteiger partial charge on any atom is 0.0553 e. The summed E-state index contributed by atoms with van der Waals surface area (Å²) in [4.78, 5) is 6.64. The number of nitrogens with zero attached hydrogens (tertiary/aromatic N) is 2. The van der Waals surface area contributed by atoms with E-state index in [4.69, 9.17) is 0 Å². The number of fused-ring (bicyclic) bond motifs is 1. The van der Waals surface area contributed by atoms with E-state index >= 15 is 0 Å². The highest BCUT2D eigenvalue weighted by atomic mass is 15.2. The molecule has 2 aliphatic heterocycles. The molecule has 15 heavy (non-hydrogen) atoms. The summed E-state index contributed by atoms with van der Waals surface area (Å²) in [5.74, 6) is 0.846. The van der Waals surface area contributed by atoms with Crippen LogP contribution in [0.1, 0.15) is 12.8 Å². The molecule has 0 aromatic carbocycles. The Morgan fingerprint density at radius 2 is 2.40 bits per heavy atom. The Morgan fingerprint density at radius 3 is 3.20 bits per heavy atom. The molecular weight excluding hydrogens is 186 g/mol. The normalized spacial score (nSPS) is 30.3. The van der Waals surface area contributed by atoms with Gasteiger partial charge in [0.25, 0.3) is 0 Å². The van der Waals surface area contributed by atoms with Crippen LogP contribution in [0.2, 0.25) is 0 Å². The minimum absolute atomic E-state index is 0.707. The second-order valence-corrected chi connectivity index (χ2v) is 4.58. The fraction of sp³-hybridized carbons (Fsp3) is 0.583. The molecule has 3 nitrogen and oxygen atoms in total. The standard InChI is InChI=1S/C12H17N3/c1-3-10-8-15(9-12(10)14-6-1)11-4-2-5-13-7-11/h2,4-5,7,10,12,14H,1,3,6,8-9H2/t10-,12+/m1/s1. The molecule has 0 aliphatic carbocycles. The van der Waals surface area contributed by atoms with Crippen molar-refractivity contribution in [1.82, 2.24) is 10.3 Å². The Bertz CT molecular complexity index is 311. The number of hydrogen-bond acceptors (Lipinski definition) is 3. The van der Waals surface area contributed by atoms with Crippen LogP contribution in [-0.2, 0) is 0 Å². The molecule has 1 aromatic heterocycles. The second kappa shape index (κ2) is 3.81. The zero-order valence-electron chi connectivity index (χ0n) is 8.89. The van der Waals surface area contributed by atoms with Gasteiger partial charge in [0.1, 0.15) is 0 Å². The summed E-state index contributed by atoms with van der Waals surface area (Å²) in [6.07, 6.45) is 6.53. The van der Waals surface area contributed by atoms with Gasteiger partial charge in [0.2, 0.25) is 0 Å². The topological polar surface area (TPSA) is 28.2 Å². The van der Waals surface area contributed by atoms with Crippen LogP contribution in [0, 0.1) is 5.92 Å². The molecule has 0 spiro atoms. The van der Waals surface area contributed by atoms with Crippen molar-refractivity contribution in [2.24, 2.45) is 5.92 Å². The number of rotatable bonds is 1. The lowest BCUT2D eigenvalue weighted by Gasteiger charge is -2.24. The fourth-order valence-corrected chi connectivity index (χ4v) is 2.80. The molecule has 2 aliphatic rings. The maximum absolute atomic E-state index is 4.18. The first-order chi connectivity index (χ1) is 7.43. The number of hydrogen-bond donors (Lipinski definition) is 1. The highest BCUT2D eigenvalue weighted by molar-refractivity contribution is 5.45. The van der Waals surface area contributed by atoms with Gasteiger partial charge in [0.05, 0.1) is 11.9 Å². The van der Waals surface area contributed by atoms with Crippen LogP contribution < -0.4 is 10.2 Å². The van der Waals surface area contributed by atoms with E-state index in [1.165, 1.54) is 31.6 Å². The lowest BCUT2D eigenvalue weighted by molar-refractivity contribution is 0.340. The quantitative estimate of drug-likeness (QED) is 0.745. The van der Waals surface area contributed by atoms with Crippen molar-refractivity contribution in [1.29, 1.82) is 0 Å². The van der Waals surface area contributed by atoms with E-state index in [1.54, 1.807) is 0 Å². The molecule has 2 atom stereocenters. The number of piperidine rings is 1. The largest absolute Gasteiger partial charge is 0.368 e. The minimum Gasteiger partial charge on any atom is -0.368 e. The Balaban J connectivity index is 1.75. The van der Waals surface area contributed by atoms with Crippen molar-refractivity contribution in [2.45, 2.75) is 18.9 Å². The van der Waals surface area contributed by atoms with Gasteiger partial charge in [-0.15, -0.1) is 0 Å². The van der Waals surface area contributed by atoms with E-state index in [-0.39, 0.29) is 0 Å². The van der Waals surface area contributed by atoms with Crippen LogP contribution in [-0.4, -0.2) is 30.7 Å². The van der Waals surface area contributed by atoms with Crippen molar-refractivity contribution in [2.75, 3.05) is 24.5 Å². The smallest absolute Gasteiger partial charge is 0.0553 e. The summed E-state index contributed by atoms with van der Waals surface area (Å²) in [5, 5.41) is 3.62. The number of anilines is 1. The molecule has 0 bridgehead atoms. The number of aromatic nitrogens is 1. The first kappa shape index (κ1) is 9.16. The van der Waals surface area contributed by atoms with Gasteiger partial charge >= 0.3 is 0 Å². The van der Waals surface area contributed by atoms with E-state index in [9.17, 15) is 0 Å². The average molecular weight is 203 g/mol. The third-order valence-corrected chi connectivity index (χ3v) is 3.61. The van der Waals surface area contributed by atoms with Crippen LogP contribution in [0.25, 0.3) is 0 Å². The Kier molecular flexibility index (Phi) is 2.33. The van der Waals surface area contributed by atoms with Gasteiger partial charge in [-0.25, -0.2) is 0 Å². The van der Waals surface area contributed by atoms with Crippen LogP contribution in [0.5, 0.6) is 0 Å². The zero-order chi connectivity index (χ0) is 10.1. The maximum atomic E-state index is 4.18. The Hall–Kier alpha value is -1.09. The molecule has 0 unspecified atom stereocenters. The average Bonchev–Trinajstić information content (AvgIpc) is 2.74. The molecule has 0 saturated carbocycles. The molecule has 0 amide bonds. The van der Waals surface area contributed by atoms with Gasteiger partial charge in [0.15, 0.2) is 0 Å². The summed E-state index contributed by atoms with van der Waals surface area (Å²) in [5.41, 5.74) is 1.27. The fourth-order valence-electron chi connectivity index (χ4n) is 2.80. The molecule has 0 radical (unpaired) electrons. The molecule has 1 aromatic rings. The molecule has 3 heterocycles. The van der Waals surface area contributed by atoms with E-state index in [1.807, 2.05) is 18.5 Å². The van der Waals surface area contributed by atoms with Crippen molar-refractivity contribution in [3.8, 4) is 0 Å². The van der Waals surface area contributed by atoms with Gasteiger partial charge < -0.3 is 10.2 Å². The van der Waals surface area contributed by atoms with Gasteiger partial charge in [-0.05, 0) is 37.4 Å². The van der Waals surface area contributed by atoms with E-state index in [2.05, 4.69) is 21.3 Å². The highest BCUT2D eigenvalue weighted by Crippen LogP contribution is 2.28. The molecule has 1 N–H and O–H groups in total. The summed E-state index contributed by atoms with van der Waals surface area (Å²) < 4.78 is 0.